The van der Waals surface area contributed by atoms with Gasteiger partial charge in [0, 0.05) is 13.1 Å². The molecule has 9 nitrogen and oxygen atoms in total. The van der Waals surface area contributed by atoms with Gasteiger partial charge < -0.3 is 10.5 Å². The van der Waals surface area contributed by atoms with Crippen molar-refractivity contribution in [1.29, 1.82) is 0 Å². The van der Waals surface area contributed by atoms with E-state index in [2.05, 4.69) is 0 Å². The minimum Gasteiger partial charge on any atom is -0.449 e. The minimum atomic E-state index is -3.85. The Balaban J connectivity index is 2.24. The molecule has 1 saturated heterocycles. The molecule has 0 aliphatic carbocycles. The highest BCUT2D eigenvalue weighted by molar-refractivity contribution is 7.89. The molecule has 142 valence electrons. The number of urea groups is 1. The molecule has 26 heavy (non-hydrogen) atoms. The van der Waals surface area contributed by atoms with Gasteiger partial charge in [-0.25, -0.2) is 18.0 Å². The zero-order valence-corrected chi connectivity index (χ0v) is 15.1. The third kappa shape index (κ3) is 4.58. The number of esters is 1. The molecule has 1 aromatic carbocycles. The van der Waals surface area contributed by atoms with E-state index in [0.29, 0.717) is 13.1 Å². The number of nitrogens with one attached hydrogen (secondary N) is 1. The summed E-state index contributed by atoms with van der Waals surface area (Å²) in [6, 6.07) is 4.58. The fourth-order valence-corrected chi connectivity index (χ4v) is 4.30. The fraction of sp³-hybridized carbons (Fsp3) is 0.438. The van der Waals surface area contributed by atoms with Crippen molar-refractivity contribution >= 4 is 27.9 Å². The number of amides is 3. The molecule has 1 aliphatic rings. The van der Waals surface area contributed by atoms with Gasteiger partial charge in [-0.1, -0.05) is 18.6 Å². The van der Waals surface area contributed by atoms with Gasteiger partial charge in [0.2, 0.25) is 10.0 Å². The van der Waals surface area contributed by atoms with Crippen LogP contribution >= 0.6 is 0 Å². The van der Waals surface area contributed by atoms with Crippen LogP contribution in [0.1, 0.15) is 36.5 Å². The maximum atomic E-state index is 12.9. The number of carbonyl (C=O) groups excluding carboxylic acids is 3. The molecule has 0 spiro atoms. The number of nitrogens with two attached hydrogens (primary N) is 1. The summed E-state index contributed by atoms with van der Waals surface area (Å²) < 4.78 is 32.0. The number of hydrogen-bond donors (Lipinski definition) is 2. The smallest absolute Gasteiger partial charge is 0.340 e. The molecule has 1 atom stereocenters. The normalized spacial score (nSPS) is 16.5. The van der Waals surface area contributed by atoms with E-state index in [1.165, 1.54) is 35.5 Å². The average molecular weight is 383 g/mol. The number of benzene rings is 1. The highest BCUT2D eigenvalue weighted by atomic mass is 32.2. The van der Waals surface area contributed by atoms with Crippen molar-refractivity contribution in [3.8, 4) is 0 Å². The van der Waals surface area contributed by atoms with Crippen molar-refractivity contribution in [2.75, 3.05) is 13.1 Å². The Morgan fingerprint density at radius 1 is 1.15 bits per heavy atom. The third-order valence-corrected chi connectivity index (χ3v) is 5.90. The zero-order chi connectivity index (χ0) is 19.3. The summed E-state index contributed by atoms with van der Waals surface area (Å²) in [4.78, 5) is 34.6. The summed E-state index contributed by atoms with van der Waals surface area (Å²) >= 11 is 0. The van der Waals surface area contributed by atoms with E-state index >= 15 is 0 Å². The van der Waals surface area contributed by atoms with Crippen molar-refractivity contribution in [3.05, 3.63) is 29.8 Å². The Morgan fingerprint density at radius 2 is 1.77 bits per heavy atom. The van der Waals surface area contributed by atoms with E-state index in [-0.39, 0.29) is 10.5 Å². The van der Waals surface area contributed by atoms with E-state index in [4.69, 9.17) is 10.5 Å². The number of sulfonamides is 1. The summed E-state index contributed by atoms with van der Waals surface area (Å²) in [5.74, 6) is -1.88. The van der Waals surface area contributed by atoms with Gasteiger partial charge in [0.15, 0.2) is 6.10 Å². The first kappa shape index (κ1) is 19.9. The third-order valence-electron chi connectivity index (χ3n) is 3.94. The lowest BCUT2D eigenvalue weighted by Crippen LogP contribution is -2.42. The molecule has 2 rings (SSSR count). The van der Waals surface area contributed by atoms with Crippen molar-refractivity contribution in [1.82, 2.24) is 9.62 Å². The average Bonchev–Trinajstić information content (AvgIpc) is 2.61. The summed E-state index contributed by atoms with van der Waals surface area (Å²) in [5, 5.41) is 1.79. The minimum absolute atomic E-state index is 0.170. The monoisotopic (exact) mass is 383 g/mol. The summed E-state index contributed by atoms with van der Waals surface area (Å²) in [5.41, 5.74) is 4.67. The molecule has 0 radical (unpaired) electrons. The van der Waals surface area contributed by atoms with Crippen LogP contribution < -0.4 is 11.1 Å². The van der Waals surface area contributed by atoms with Gasteiger partial charge >= 0.3 is 12.0 Å². The second-order valence-corrected chi connectivity index (χ2v) is 7.77. The fourth-order valence-electron chi connectivity index (χ4n) is 2.61. The van der Waals surface area contributed by atoms with Crippen LogP contribution in [0.2, 0.25) is 0 Å². The van der Waals surface area contributed by atoms with Crippen LogP contribution in [0.25, 0.3) is 0 Å². The molecular formula is C16H21N3O6S. The number of ether oxygens (including phenoxy) is 1. The van der Waals surface area contributed by atoms with Crippen molar-refractivity contribution in [2.24, 2.45) is 5.73 Å². The van der Waals surface area contributed by atoms with Crippen LogP contribution in [0.5, 0.6) is 0 Å². The van der Waals surface area contributed by atoms with Crippen LogP contribution in [-0.4, -0.2) is 49.8 Å². The van der Waals surface area contributed by atoms with E-state index in [0.717, 1.165) is 19.3 Å². The molecule has 0 unspecified atom stereocenters. The van der Waals surface area contributed by atoms with E-state index < -0.39 is 34.0 Å². The lowest BCUT2D eigenvalue weighted by Gasteiger charge is -2.26. The molecule has 10 heteroatoms. The topological polar surface area (TPSA) is 136 Å². The number of hydrogen-bond acceptors (Lipinski definition) is 6. The molecule has 0 aromatic heterocycles. The Kier molecular flexibility index (Phi) is 6.32. The van der Waals surface area contributed by atoms with Crippen molar-refractivity contribution in [3.63, 3.8) is 0 Å². The van der Waals surface area contributed by atoms with Gasteiger partial charge in [-0.05, 0) is 31.9 Å². The number of rotatable bonds is 5. The van der Waals surface area contributed by atoms with Gasteiger partial charge in [-0.3, -0.25) is 10.1 Å². The van der Waals surface area contributed by atoms with Crippen molar-refractivity contribution in [2.45, 2.75) is 37.2 Å². The second-order valence-electron chi connectivity index (χ2n) is 5.86. The molecule has 1 heterocycles. The molecular weight excluding hydrogens is 362 g/mol. The number of imide groups is 1. The number of carbonyl (C=O) groups is 3. The molecule has 1 aliphatic heterocycles. The maximum Gasteiger partial charge on any atom is 0.340 e. The summed E-state index contributed by atoms with van der Waals surface area (Å²) in [7, 11) is -3.85. The van der Waals surface area contributed by atoms with Crippen LogP contribution in [0.15, 0.2) is 29.2 Å². The van der Waals surface area contributed by atoms with Gasteiger partial charge in [-0.15, -0.1) is 0 Å². The zero-order valence-electron chi connectivity index (χ0n) is 14.3. The lowest BCUT2D eigenvalue weighted by atomic mass is 10.2. The van der Waals surface area contributed by atoms with Crippen LogP contribution in [0.4, 0.5) is 4.79 Å². The van der Waals surface area contributed by atoms with E-state index in [1.54, 1.807) is 5.32 Å². The predicted octanol–water partition coefficient (Wildman–Crippen LogP) is 0.601. The van der Waals surface area contributed by atoms with E-state index in [9.17, 15) is 22.8 Å². The largest absolute Gasteiger partial charge is 0.449 e. The van der Waals surface area contributed by atoms with Crippen LogP contribution in [0.3, 0.4) is 0 Å². The molecule has 0 saturated carbocycles. The van der Waals surface area contributed by atoms with Gasteiger partial charge in [0.25, 0.3) is 5.91 Å². The Morgan fingerprint density at radius 3 is 2.38 bits per heavy atom. The lowest BCUT2D eigenvalue weighted by molar-refractivity contribution is -0.127. The molecule has 3 N–H and O–H groups in total. The molecule has 1 fully saturated rings. The second kappa shape index (κ2) is 8.28. The first-order valence-corrected chi connectivity index (χ1v) is 9.58. The standard InChI is InChI=1S/C16H21N3O6S/c1-11(14(20)18-16(17)22)25-15(21)12-7-3-4-8-13(12)26(23,24)19-9-5-2-6-10-19/h3-4,7-8,11H,2,5-6,9-10H2,1H3,(H3,17,18,20,22)/t11-/m1/s1. The predicted molar refractivity (Wildman–Crippen MR) is 91.7 cm³/mol. The molecule has 1 aromatic rings. The van der Waals surface area contributed by atoms with Gasteiger partial charge in [0.1, 0.15) is 0 Å². The van der Waals surface area contributed by atoms with Crippen molar-refractivity contribution < 1.29 is 27.5 Å². The number of piperidine rings is 1. The maximum absolute atomic E-state index is 12.9. The first-order chi connectivity index (χ1) is 12.2. The highest BCUT2D eigenvalue weighted by Gasteiger charge is 2.31. The Labute approximate surface area is 151 Å². The summed E-state index contributed by atoms with van der Waals surface area (Å²) in [6.07, 6.45) is 1.16. The van der Waals surface area contributed by atoms with Crippen LogP contribution in [-0.2, 0) is 19.6 Å². The first-order valence-electron chi connectivity index (χ1n) is 8.14. The molecule has 3 amide bonds. The number of primary amides is 1. The quantitative estimate of drug-likeness (QED) is 0.715. The Hall–Kier alpha value is -2.46. The van der Waals surface area contributed by atoms with Gasteiger partial charge in [0.05, 0.1) is 10.5 Å². The van der Waals surface area contributed by atoms with E-state index in [1.807, 2.05) is 0 Å². The SMILES string of the molecule is C[C@@H](OC(=O)c1ccccc1S(=O)(=O)N1CCCCC1)C(=O)NC(N)=O. The van der Waals surface area contributed by atoms with Crippen LogP contribution in [0, 0.1) is 0 Å². The Bertz CT molecular complexity index is 802. The highest BCUT2D eigenvalue weighted by Crippen LogP contribution is 2.24. The molecule has 0 bridgehead atoms. The summed E-state index contributed by atoms with van der Waals surface area (Å²) in [6.45, 7) is 2.03. The number of nitrogens with zero attached hydrogens (tertiary/aromatic N) is 1. The van der Waals surface area contributed by atoms with Gasteiger partial charge in [-0.2, -0.15) is 4.31 Å².